The number of ether oxygens (including phenoxy) is 3. The van der Waals surface area contributed by atoms with Crippen LogP contribution in [0.5, 0.6) is 11.5 Å². The molecule has 0 saturated heterocycles. The van der Waals surface area contributed by atoms with Crippen molar-refractivity contribution in [1.82, 2.24) is 5.16 Å². The number of hydrogen-bond acceptors (Lipinski definition) is 8. The molecule has 0 bridgehead atoms. The van der Waals surface area contributed by atoms with E-state index in [9.17, 15) is 14.9 Å². The minimum Gasteiger partial charge on any atom is -0.493 e. The first-order valence-corrected chi connectivity index (χ1v) is 8.53. The van der Waals surface area contributed by atoms with E-state index in [0.29, 0.717) is 34.1 Å². The van der Waals surface area contributed by atoms with E-state index in [1.165, 1.54) is 25.3 Å². The van der Waals surface area contributed by atoms with Crippen LogP contribution < -0.4 is 9.47 Å². The number of benzene rings is 2. The zero-order valence-corrected chi connectivity index (χ0v) is 16.0. The van der Waals surface area contributed by atoms with Crippen molar-refractivity contribution in [2.45, 2.75) is 13.5 Å². The van der Waals surface area contributed by atoms with Crippen molar-refractivity contribution >= 4 is 11.7 Å². The molecule has 3 aromatic rings. The Bertz CT molecular complexity index is 1060. The first kappa shape index (κ1) is 19.9. The summed E-state index contributed by atoms with van der Waals surface area (Å²) in [6, 6.07) is 11.1. The summed E-state index contributed by atoms with van der Waals surface area (Å²) in [5, 5.41) is 14.9. The van der Waals surface area contributed by atoms with Crippen molar-refractivity contribution in [2.75, 3.05) is 14.2 Å². The van der Waals surface area contributed by atoms with Crippen LogP contribution in [0.15, 0.2) is 47.0 Å². The van der Waals surface area contributed by atoms with Crippen LogP contribution in [0, 0.1) is 17.0 Å². The van der Waals surface area contributed by atoms with E-state index in [-0.39, 0.29) is 17.9 Å². The van der Waals surface area contributed by atoms with Gasteiger partial charge in [0.25, 0.3) is 5.69 Å². The Morgan fingerprint density at radius 1 is 1.10 bits per heavy atom. The van der Waals surface area contributed by atoms with E-state index in [0.717, 1.165) is 0 Å². The minimum atomic E-state index is -0.691. The van der Waals surface area contributed by atoms with Crippen molar-refractivity contribution in [2.24, 2.45) is 0 Å². The highest BCUT2D eigenvalue weighted by molar-refractivity contribution is 5.90. The zero-order valence-electron chi connectivity index (χ0n) is 16.0. The van der Waals surface area contributed by atoms with Crippen LogP contribution in [0.1, 0.15) is 21.6 Å². The second kappa shape index (κ2) is 8.42. The molecule has 0 spiro atoms. The molecule has 0 unspecified atom stereocenters. The molecule has 0 fully saturated rings. The highest BCUT2D eigenvalue weighted by Gasteiger charge is 2.17. The van der Waals surface area contributed by atoms with Crippen molar-refractivity contribution in [1.29, 1.82) is 0 Å². The predicted molar refractivity (Wildman–Crippen MR) is 102 cm³/mol. The molecule has 0 aliphatic rings. The van der Waals surface area contributed by atoms with Gasteiger partial charge < -0.3 is 18.7 Å². The average molecular weight is 398 g/mol. The van der Waals surface area contributed by atoms with Crippen molar-refractivity contribution in [3.8, 4) is 22.8 Å². The zero-order chi connectivity index (χ0) is 21.0. The average Bonchev–Trinajstić information content (AvgIpc) is 3.20. The van der Waals surface area contributed by atoms with E-state index in [1.807, 2.05) is 0 Å². The maximum Gasteiger partial charge on any atom is 0.338 e. The van der Waals surface area contributed by atoms with E-state index < -0.39 is 10.9 Å². The molecular weight excluding hydrogens is 380 g/mol. The number of rotatable bonds is 7. The Hall–Kier alpha value is -3.88. The maximum absolute atomic E-state index is 12.2. The Kier molecular flexibility index (Phi) is 5.77. The molecule has 0 N–H and O–H groups in total. The van der Waals surface area contributed by atoms with E-state index in [1.54, 1.807) is 38.3 Å². The van der Waals surface area contributed by atoms with Gasteiger partial charge in [-0.15, -0.1) is 0 Å². The molecule has 9 nitrogen and oxygen atoms in total. The van der Waals surface area contributed by atoms with Gasteiger partial charge in [-0.05, 0) is 31.2 Å². The SMILES string of the molecule is COc1ccc(-c2cc(COC(=O)c3ccc(C)c([N+](=O)[O-])c3)no2)cc1OC. The maximum atomic E-state index is 12.2. The number of carbonyl (C=O) groups is 1. The number of nitrogens with zero attached hydrogens (tertiary/aromatic N) is 2. The Balaban J connectivity index is 1.70. The lowest BCUT2D eigenvalue weighted by atomic mass is 10.1. The third kappa shape index (κ3) is 4.34. The van der Waals surface area contributed by atoms with E-state index in [2.05, 4.69) is 5.16 Å². The van der Waals surface area contributed by atoms with E-state index in [4.69, 9.17) is 18.7 Å². The summed E-state index contributed by atoms with van der Waals surface area (Å²) >= 11 is 0. The predicted octanol–water partition coefficient (Wildman–Crippen LogP) is 3.93. The van der Waals surface area contributed by atoms with Gasteiger partial charge >= 0.3 is 5.97 Å². The summed E-state index contributed by atoms with van der Waals surface area (Å²) in [4.78, 5) is 22.7. The first-order valence-electron chi connectivity index (χ1n) is 8.53. The smallest absolute Gasteiger partial charge is 0.338 e. The number of aryl methyl sites for hydroxylation is 1. The van der Waals surface area contributed by atoms with Crippen molar-refractivity contribution < 1.29 is 28.5 Å². The molecule has 2 aromatic carbocycles. The lowest BCUT2D eigenvalue weighted by Crippen LogP contribution is -2.06. The molecule has 29 heavy (non-hydrogen) atoms. The highest BCUT2D eigenvalue weighted by atomic mass is 16.6. The standard InChI is InChI=1S/C20H18N2O7/c1-12-4-5-14(8-16(12)22(24)25)20(23)28-11-15-10-18(29-21-15)13-6-7-17(26-2)19(9-13)27-3/h4-10H,11H2,1-3H3. The summed E-state index contributed by atoms with van der Waals surface area (Å²) in [5.41, 5.74) is 1.51. The third-order valence-electron chi connectivity index (χ3n) is 4.22. The van der Waals surface area contributed by atoms with Gasteiger partial charge in [0.1, 0.15) is 12.3 Å². The molecule has 9 heteroatoms. The number of esters is 1. The second-order valence-electron chi connectivity index (χ2n) is 6.09. The number of nitro groups is 1. The summed E-state index contributed by atoms with van der Waals surface area (Å²) in [6.45, 7) is 1.45. The van der Waals surface area contributed by atoms with Gasteiger partial charge in [-0.2, -0.15) is 0 Å². The lowest BCUT2D eigenvalue weighted by Gasteiger charge is -2.07. The van der Waals surface area contributed by atoms with Crippen LogP contribution >= 0.6 is 0 Å². The van der Waals surface area contributed by atoms with Crippen molar-refractivity contribution in [3.63, 3.8) is 0 Å². The van der Waals surface area contributed by atoms with Gasteiger partial charge in [0.2, 0.25) is 0 Å². The van der Waals surface area contributed by atoms with Gasteiger partial charge in [-0.1, -0.05) is 11.2 Å². The minimum absolute atomic E-state index is 0.0888. The van der Waals surface area contributed by atoms with Crippen LogP contribution in [-0.2, 0) is 11.3 Å². The highest BCUT2D eigenvalue weighted by Crippen LogP contribution is 2.32. The summed E-state index contributed by atoms with van der Waals surface area (Å²) in [7, 11) is 3.07. The number of nitro benzene ring substituents is 1. The lowest BCUT2D eigenvalue weighted by molar-refractivity contribution is -0.385. The molecule has 1 heterocycles. The Labute approximate surface area is 165 Å². The largest absolute Gasteiger partial charge is 0.493 e. The molecular formula is C20H18N2O7. The molecule has 150 valence electrons. The van der Waals surface area contributed by atoms with Crippen LogP contribution in [0.3, 0.4) is 0 Å². The molecule has 1 aromatic heterocycles. The fourth-order valence-electron chi connectivity index (χ4n) is 2.66. The van der Waals surface area contributed by atoms with Gasteiger partial charge in [-0.3, -0.25) is 10.1 Å². The number of carbonyl (C=O) groups excluding carboxylic acids is 1. The molecule has 0 amide bonds. The topological polar surface area (TPSA) is 114 Å². The molecule has 0 aliphatic heterocycles. The molecule has 0 atom stereocenters. The van der Waals surface area contributed by atoms with Gasteiger partial charge in [0, 0.05) is 23.3 Å². The van der Waals surface area contributed by atoms with Gasteiger partial charge in [-0.25, -0.2) is 4.79 Å². The molecule has 0 radical (unpaired) electrons. The van der Waals surface area contributed by atoms with Crippen LogP contribution in [0.2, 0.25) is 0 Å². The van der Waals surface area contributed by atoms with Gasteiger partial charge in [0.15, 0.2) is 17.3 Å². The fraction of sp³-hybridized carbons (Fsp3) is 0.200. The normalized spacial score (nSPS) is 10.4. The van der Waals surface area contributed by atoms with E-state index >= 15 is 0 Å². The second-order valence-corrected chi connectivity index (χ2v) is 6.09. The number of methoxy groups -OCH3 is 2. The number of aromatic nitrogens is 1. The molecule has 3 rings (SSSR count). The summed E-state index contributed by atoms with van der Waals surface area (Å²) in [5.74, 6) is 0.888. The summed E-state index contributed by atoms with van der Waals surface area (Å²) < 4.78 is 21.0. The summed E-state index contributed by atoms with van der Waals surface area (Å²) in [6.07, 6.45) is 0. The van der Waals surface area contributed by atoms with Crippen LogP contribution in [0.4, 0.5) is 5.69 Å². The van der Waals surface area contributed by atoms with Gasteiger partial charge in [0.05, 0.1) is 24.7 Å². The first-order chi connectivity index (χ1) is 13.9. The monoisotopic (exact) mass is 398 g/mol. The Morgan fingerprint density at radius 2 is 1.86 bits per heavy atom. The fourth-order valence-corrected chi connectivity index (χ4v) is 2.66. The van der Waals surface area contributed by atoms with Crippen molar-refractivity contribution in [3.05, 3.63) is 69.4 Å². The molecule has 0 saturated carbocycles. The van der Waals surface area contributed by atoms with Crippen LogP contribution in [-0.4, -0.2) is 30.3 Å². The quantitative estimate of drug-likeness (QED) is 0.334. The Morgan fingerprint density at radius 3 is 2.55 bits per heavy atom. The van der Waals surface area contributed by atoms with Crippen LogP contribution in [0.25, 0.3) is 11.3 Å². The third-order valence-corrected chi connectivity index (χ3v) is 4.22. The molecule has 0 aliphatic carbocycles. The number of hydrogen-bond donors (Lipinski definition) is 0.